The molecule has 1 aromatic rings. The van der Waals surface area contributed by atoms with Crippen molar-refractivity contribution in [2.45, 2.75) is 63.6 Å². The molecule has 2 atom stereocenters. The highest BCUT2D eigenvalue weighted by Crippen LogP contribution is 2.42. The highest BCUT2D eigenvalue weighted by atomic mass is 32.1. The summed E-state index contributed by atoms with van der Waals surface area (Å²) in [6, 6.07) is 0.960. The molecule has 2 aliphatic rings. The standard InChI is InChI=1S/C14H22N2OS/c1-10-9-15-13(18-10)11(2)16-12-4-7-17-14(8-12)5-3-6-14/h9,11-12,16H,3-8H2,1-2H3. The Morgan fingerprint density at radius 3 is 3.00 bits per heavy atom. The Labute approximate surface area is 113 Å². The summed E-state index contributed by atoms with van der Waals surface area (Å²) in [6.07, 6.45) is 8.15. The van der Waals surface area contributed by atoms with E-state index in [9.17, 15) is 0 Å². The van der Waals surface area contributed by atoms with Crippen molar-refractivity contribution in [2.75, 3.05) is 6.61 Å². The number of ether oxygens (including phenoxy) is 1. The Balaban J connectivity index is 1.58. The molecule has 0 aromatic carbocycles. The lowest BCUT2D eigenvalue weighted by Crippen LogP contribution is -2.51. The molecule has 0 radical (unpaired) electrons. The van der Waals surface area contributed by atoms with Crippen LogP contribution in [0.4, 0.5) is 0 Å². The van der Waals surface area contributed by atoms with Gasteiger partial charge in [0.15, 0.2) is 0 Å². The highest BCUT2D eigenvalue weighted by Gasteiger charge is 2.42. The predicted octanol–water partition coefficient (Wildman–Crippen LogP) is 3.20. The third-order valence-electron chi connectivity index (χ3n) is 4.25. The molecule has 1 aromatic heterocycles. The SMILES string of the molecule is Cc1cnc(C(C)NC2CCOC3(CCC3)C2)s1. The molecule has 0 bridgehead atoms. The van der Waals surface area contributed by atoms with Crippen molar-refractivity contribution < 1.29 is 4.74 Å². The molecule has 4 heteroatoms. The minimum absolute atomic E-state index is 0.231. The van der Waals surface area contributed by atoms with Gasteiger partial charge in [0.25, 0.3) is 0 Å². The lowest BCUT2D eigenvalue weighted by atomic mass is 9.74. The molecule has 1 N–H and O–H groups in total. The van der Waals surface area contributed by atoms with Gasteiger partial charge in [0.1, 0.15) is 5.01 Å². The van der Waals surface area contributed by atoms with Crippen molar-refractivity contribution in [3.63, 3.8) is 0 Å². The monoisotopic (exact) mass is 266 g/mol. The molecule has 100 valence electrons. The van der Waals surface area contributed by atoms with Crippen LogP contribution >= 0.6 is 11.3 Å². The maximum absolute atomic E-state index is 5.97. The summed E-state index contributed by atoms with van der Waals surface area (Å²) in [6.45, 7) is 5.26. The van der Waals surface area contributed by atoms with Gasteiger partial charge >= 0.3 is 0 Å². The lowest BCUT2D eigenvalue weighted by Gasteiger charge is -2.47. The van der Waals surface area contributed by atoms with Gasteiger partial charge in [0, 0.05) is 23.7 Å². The number of nitrogens with one attached hydrogen (secondary N) is 1. The van der Waals surface area contributed by atoms with Crippen LogP contribution in [-0.2, 0) is 4.74 Å². The van der Waals surface area contributed by atoms with E-state index in [0.29, 0.717) is 12.1 Å². The first-order valence-electron chi connectivity index (χ1n) is 6.99. The average Bonchev–Trinajstić information content (AvgIpc) is 2.74. The van der Waals surface area contributed by atoms with Crippen molar-refractivity contribution in [3.05, 3.63) is 16.1 Å². The van der Waals surface area contributed by atoms with Gasteiger partial charge in [-0.05, 0) is 46.0 Å². The van der Waals surface area contributed by atoms with E-state index in [1.54, 1.807) is 11.3 Å². The summed E-state index contributed by atoms with van der Waals surface area (Å²) in [5, 5.41) is 4.95. The molecule has 1 aliphatic heterocycles. The van der Waals surface area contributed by atoms with Crippen LogP contribution in [0.3, 0.4) is 0 Å². The fourth-order valence-corrected chi connectivity index (χ4v) is 3.87. The summed E-state index contributed by atoms with van der Waals surface area (Å²) in [7, 11) is 0. The van der Waals surface area contributed by atoms with Crippen LogP contribution in [0.5, 0.6) is 0 Å². The first kappa shape index (κ1) is 12.6. The van der Waals surface area contributed by atoms with E-state index in [4.69, 9.17) is 4.74 Å². The zero-order valence-corrected chi connectivity index (χ0v) is 12.1. The molecule has 1 spiro atoms. The average molecular weight is 266 g/mol. The van der Waals surface area contributed by atoms with Gasteiger partial charge < -0.3 is 10.1 Å². The molecule has 1 aliphatic carbocycles. The summed E-state index contributed by atoms with van der Waals surface area (Å²) in [5.41, 5.74) is 0.231. The molecule has 18 heavy (non-hydrogen) atoms. The summed E-state index contributed by atoms with van der Waals surface area (Å²) < 4.78 is 5.97. The Hall–Kier alpha value is -0.450. The second-order valence-electron chi connectivity index (χ2n) is 5.77. The largest absolute Gasteiger partial charge is 0.375 e. The van der Waals surface area contributed by atoms with Crippen molar-refractivity contribution in [3.8, 4) is 0 Å². The number of thiazole rings is 1. The molecular formula is C14H22N2OS. The zero-order chi connectivity index (χ0) is 12.6. The fourth-order valence-electron chi connectivity index (χ4n) is 3.09. The van der Waals surface area contributed by atoms with Crippen LogP contribution < -0.4 is 5.32 Å². The second-order valence-corrected chi connectivity index (χ2v) is 7.04. The third-order valence-corrected chi connectivity index (χ3v) is 5.35. The maximum Gasteiger partial charge on any atom is 0.109 e. The Bertz CT molecular complexity index is 414. The molecule has 2 unspecified atom stereocenters. The normalized spacial score (nSPS) is 28.0. The van der Waals surface area contributed by atoms with E-state index in [1.165, 1.54) is 35.6 Å². The lowest BCUT2D eigenvalue weighted by molar-refractivity contribution is -0.136. The van der Waals surface area contributed by atoms with E-state index in [1.807, 2.05) is 6.20 Å². The summed E-state index contributed by atoms with van der Waals surface area (Å²) in [4.78, 5) is 5.77. The van der Waals surface area contributed by atoms with Gasteiger partial charge in [-0.25, -0.2) is 4.98 Å². The number of hydrogen-bond donors (Lipinski definition) is 1. The Morgan fingerprint density at radius 1 is 1.56 bits per heavy atom. The Morgan fingerprint density at radius 2 is 2.39 bits per heavy atom. The number of hydrogen-bond acceptors (Lipinski definition) is 4. The topological polar surface area (TPSA) is 34.2 Å². The van der Waals surface area contributed by atoms with Crippen LogP contribution in [0.15, 0.2) is 6.20 Å². The predicted molar refractivity (Wildman–Crippen MR) is 74.0 cm³/mol. The summed E-state index contributed by atoms with van der Waals surface area (Å²) >= 11 is 1.80. The van der Waals surface area contributed by atoms with Crippen LogP contribution in [0, 0.1) is 6.92 Å². The molecular weight excluding hydrogens is 244 g/mol. The van der Waals surface area contributed by atoms with Crippen molar-refractivity contribution in [1.29, 1.82) is 0 Å². The zero-order valence-electron chi connectivity index (χ0n) is 11.2. The van der Waals surface area contributed by atoms with Gasteiger partial charge in [0.2, 0.25) is 0 Å². The highest BCUT2D eigenvalue weighted by molar-refractivity contribution is 7.11. The van der Waals surface area contributed by atoms with Gasteiger partial charge in [-0.3, -0.25) is 0 Å². The second kappa shape index (κ2) is 4.91. The summed E-state index contributed by atoms with van der Waals surface area (Å²) in [5.74, 6) is 0. The van der Waals surface area contributed by atoms with Crippen molar-refractivity contribution in [1.82, 2.24) is 10.3 Å². The van der Waals surface area contributed by atoms with Crippen LogP contribution in [0.25, 0.3) is 0 Å². The molecule has 3 nitrogen and oxygen atoms in total. The first-order chi connectivity index (χ1) is 8.67. The number of aromatic nitrogens is 1. The number of rotatable bonds is 3. The minimum atomic E-state index is 0.231. The fraction of sp³-hybridized carbons (Fsp3) is 0.786. The number of aryl methyl sites for hydroxylation is 1. The van der Waals surface area contributed by atoms with E-state index >= 15 is 0 Å². The minimum Gasteiger partial charge on any atom is -0.375 e. The number of nitrogens with zero attached hydrogens (tertiary/aromatic N) is 1. The smallest absolute Gasteiger partial charge is 0.109 e. The van der Waals surface area contributed by atoms with Crippen LogP contribution in [-0.4, -0.2) is 23.2 Å². The van der Waals surface area contributed by atoms with E-state index < -0.39 is 0 Å². The van der Waals surface area contributed by atoms with Gasteiger partial charge in [-0.15, -0.1) is 11.3 Å². The molecule has 3 rings (SSSR count). The molecule has 1 saturated carbocycles. The molecule has 1 saturated heterocycles. The van der Waals surface area contributed by atoms with Gasteiger partial charge in [0.05, 0.1) is 11.6 Å². The molecule has 2 heterocycles. The maximum atomic E-state index is 5.97. The van der Waals surface area contributed by atoms with Gasteiger partial charge in [-0.1, -0.05) is 0 Å². The van der Waals surface area contributed by atoms with E-state index in [2.05, 4.69) is 24.1 Å². The Kier molecular flexibility index (Phi) is 3.43. The van der Waals surface area contributed by atoms with E-state index in [0.717, 1.165) is 13.0 Å². The van der Waals surface area contributed by atoms with Crippen molar-refractivity contribution in [2.24, 2.45) is 0 Å². The molecule has 0 amide bonds. The van der Waals surface area contributed by atoms with Crippen LogP contribution in [0.1, 0.15) is 55.0 Å². The first-order valence-corrected chi connectivity index (χ1v) is 7.81. The van der Waals surface area contributed by atoms with Crippen LogP contribution in [0.2, 0.25) is 0 Å². The quantitative estimate of drug-likeness (QED) is 0.912. The van der Waals surface area contributed by atoms with Gasteiger partial charge in [-0.2, -0.15) is 0 Å². The van der Waals surface area contributed by atoms with Crippen molar-refractivity contribution >= 4 is 11.3 Å². The molecule has 2 fully saturated rings. The third kappa shape index (κ3) is 2.46. The van der Waals surface area contributed by atoms with E-state index in [-0.39, 0.29) is 5.60 Å².